The summed E-state index contributed by atoms with van der Waals surface area (Å²) >= 11 is 0. The molecule has 2 rings (SSSR count). The van der Waals surface area contributed by atoms with Crippen LogP contribution in [0.2, 0.25) is 0 Å². The molecule has 3 nitrogen and oxygen atoms in total. The molecule has 0 saturated carbocycles. The zero-order valence-electron chi connectivity index (χ0n) is 13.0. The highest BCUT2D eigenvalue weighted by molar-refractivity contribution is 5.90. The topological polar surface area (TPSA) is 57.5 Å². The minimum atomic E-state index is 0.284. The van der Waals surface area contributed by atoms with Gasteiger partial charge in [0.2, 0.25) is 0 Å². The smallest absolute Gasteiger partial charge is 0.115 e. The van der Waals surface area contributed by atoms with Gasteiger partial charge in [0.15, 0.2) is 0 Å². The van der Waals surface area contributed by atoms with Crippen LogP contribution in [0.1, 0.15) is 37.8 Å². The fourth-order valence-corrected chi connectivity index (χ4v) is 2.51. The number of aromatic hydroxyl groups is 2. The summed E-state index contributed by atoms with van der Waals surface area (Å²) in [4.78, 5) is 8.00. The second-order valence-electron chi connectivity index (χ2n) is 4.76. The SMILES string of the molecule is C=O.CC/C(=C(/CC)c1ccc(O)cc1)c1ccc(O)cc1. The lowest BCUT2D eigenvalue weighted by molar-refractivity contribution is -0.0979. The minimum Gasteiger partial charge on any atom is -0.508 e. The van der Waals surface area contributed by atoms with Crippen molar-refractivity contribution in [2.45, 2.75) is 26.7 Å². The molecule has 0 amide bonds. The number of hydrogen-bond donors (Lipinski definition) is 2. The number of allylic oxidation sites excluding steroid dienone is 2. The molecule has 0 aliphatic heterocycles. The van der Waals surface area contributed by atoms with E-state index in [0.717, 1.165) is 24.0 Å². The van der Waals surface area contributed by atoms with Crippen molar-refractivity contribution in [2.24, 2.45) is 0 Å². The molecule has 2 aromatic rings. The fraction of sp³-hybridized carbons (Fsp3) is 0.211. The molecule has 0 saturated heterocycles. The average Bonchev–Trinajstić information content (AvgIpc) is 2.56. The summed E-state index contributed by atoms with van der Waals surface area (Å²) < 4.78 is 0. The molecule has 22 heavy (non-hydrogen) atoms. The second kappa shape index (κ2) is 8.67. The van der Waals surface area contributed by atoms with E-state index in [0.29, 0.717) is 0 Å². The summed E-state index contributed by atoms with van der Waals surface area (Å²) in [6.45, 7) is 6.27. The molecule has 2 N–H and O–H groups in total. The molecule has 116 valence electrons. The van der Waals surface area contributed by atoms with Crippen LogP contribution in [-0.2, 0) is 4.79 Å². The Balaban J connectivity index is 0.00000116. The van der Waals surface area contributed by atoms with Gasteiger partial charge in [-0.2, -0.15) is 0 Å². The Morgan fingerprint density at radius 2 is 1.00 bits per heavy atom. The molecule has 0 unspecified atom stereocenters. The highest BCUT2D eigenvalue weighted by atomic mass is 16.3. The van der Waals surface area contributed by atoms with E-state index >= 15 is 0 Å². The molecule has 0 heterocycles. The monoisotopic (exact) mass is 298 g/mol. The van der Waals surface area contributed by atoms with Crippen LogP contribution in [0.25, 0.3) is 11.1 Å². The molecule has 0 atom stereocenters. The summed E-state index contributed by atoms with van der Waals surface area (Å²) in [6, 6.07) is 14.7. The van der Waals surface area contributed by atoms with E-state index in [4.69, 9.17) is 4.79 Å². The molecule has 0 spiro atoms. The van der Waals surface area contributed by atoms with Crippen molar-refractivity contribution < 1.29 is 15.0 Å². The normalized spacial score (nSPS) is 11.2. The number of hydrogen-bond acceptors (Lipinski definition) is 3. The zero-order chi connectivity index (χ0) is 16.5. The van der Waals surface area contributed by atoms with Crippen LogP contribution in [-0.4, -0.2) is 17.0 Å². The van der Waals surface area contributed by atoms with Gasteiger partial charge in [0.05, 0.1) is 0 Å². The Morgan fingerprint density at radius 3 is 1.23 bits per heavy atom. The average molecular weight is 298 g/mol. The Morgan fingerprint density at radius 1 is 0.727 bits per heavy atom. The molecular formula is C19H22O3. The van der Waals surface area contributed by atoms with Gasteiger partial charge < -0.3 is 15.0 Å². The number of phenolic OH excluding ortho intramolecular Hbond substituents is 2. The maximum Gasteiger partial charge on any atom is 0.115 e. The van der Waals surface area contributed by atoms with Crippen LogP contribution in [0, 0.1) is 0 Å². The van der Waals surface area contributed by atoms with E-state index in [-0.39, 0.29) is 11.5 Å². The molecule has 0 radical (unpaired) electrons. The molecule has 3 heteroatoms. The standard InChI is InChI=1S/C18H20O2.CH2O/c1-3-17(13-5-9-15(19)10-6-13)18(4-2)14-7-11-16(20)12-8-14;1-2/h5-12,19-20H,3-4H2,1-2H3;1H2/b18-17+;. The molecule has 0 bridgehead atoms. The zero-order valence-corrected chi connectivity index (χ0v) is 13.0. The van der Waals surface area contributed by atoms with Gasteiger partial charge in [-0.05, 0) is 59.4 Å². The number of phenols is 2. The predicted molar refractivity (Wildman–Crippen MR) is 90.7 cm³/mol. The maximum atomic E-state index is 9.41. The van der Waals surface area contributed by atoms with Crippen LogP contribution in [0.4, 0.5) is 0 Å². The maximum absolute atomic E-state index is 9.41. The lowest BCUT2D eigenvalue weighted by Gasteiger charge is -2.14. The number of rotatable bonds is 4. The molecule has 0 aromatic heterocycles. The second-order valence-corrected chi connectivity index (χ2v) is 4.76. The van der Waals surface area contributed by atoms with E-state index in [2.05, 4.69) is 13.8 Å². The first-order chi connectivity index (χ1) is 10.7. The van der Waals surface area contributed by atoms with Crippen LogP contribution >= 0.6 is 0 Å². The Bertz CT molecular complexity index is 555. The van der Waals surface area contributed by atoms with E-state index in [9.17, 15) is 10.2 Å². The largest absolute Gasteiger partial charge is 0.508 e. The van der Waals surface area contributed by atoms with Crippen molar-refractivity contribution in [3.05, 3.63) is 59.7 Å². The van der Waals surface area contributed by atoms with Gasteiger partial charge in [-0.1, -0.05) is 38.1 Å². The molecule has 0 fully saturated rings. The van der Waals surface area contributed by atoms with Crippen molar-refractivity contribution in [3.63, 3.8) is 0 Å². The molecule has 0 aliphatic carbocycles. The van der Waals surface area contributed by atoms with Crippen LogP contribution in [0.15, 0.2) is 48.5 Å². The van der Waals surface area contributed by atoms with Crippen molar-refractivity contribution in [2.75, 3.05) is 0 Å². The highest BCUT2D eigenvalue weighted by Gasteiger charge is 2.09. The van der Waals surface area contributed by atoms with Crippen molar-refractivity contribution in [1.29, 1.82) is 0 Å². The third kappa shape index (κ3) is 4.22. The summed E-state index contributed by atoms with van der Waals surface area (Å²) in [5, 5.41) is 18.8. The lowest BCUT2D eigenvalue weighted by atomic mass is 9.91. The number of carbonyl (C=O) groups is 1. The van der Waals surface area contributed by atoms with E-state index < -0.39 is 0 Å². The first kappa shape index (κ1) is 17.5. The van der Waals surface area contributed by atoms with Gasteiger partial charge in [0.1, 0.15) is 18.3 Å². The van der Waals surface area contributed by atoms with Crippen molar-refractivity contribution >= 4 is 17.9 Å². The molecule has 0 aliphatic rings. The fourth-order valence-electron chi connectivity index (χ4n) is 2.51. The van der Waals surface area contributed by atoms with Crippen LogP contribution in [0.3, 0.4) is 0 Å². The Kier molecular flexibility index (Phi) is 6.90. The van der Waals surface area contributed by atoms with Gasteiger partial charge in [0.25, 0.3) is 0 Å². The third-order valence-electron chi connectivity index (χ3n) is 3.50. The highest BCUT2D eigenvalue weighted by Crippen LogP contribution is 2.32. The Labute approximate surface area is 131 Å². The van der Waals surface area contributed by atoms with Gasteiger partial charge in [-0.25, -0.2) is 0 Å². The number of benzene rings is 2. The number of carbonyl (C=O) groups excluding carboxylic acids is 1. The minimum absolute atomic E-state index is 0.284. The van der Waals surface area contributed by atoms with E-state index in [1.54, 1.807) is 24.3 Å². The van der Waals surface area contributed by atoms with Crippen LogP contribution in [0.5, 0.6) is 11.5 Å². The van der Waals surface area contributed by atoms with Gasteiger partial charge in [-0.3, -0.25) is 0 Å². The predicted octanol–water partition coefficient (Wildman–Crippen LogP) is 4.64. The van der Waals surface area contributed by atoms with Gasteiger partial charge in [0, 0.05) is 0 Å². The summed E-state index contributed by atoms with van der Waals surface area (Å²) in [6.07, 6.45) is 1.85. The van der Waals surface area contributed by atoms with E-state index in [1.807, 2.05) is 31.1 Å². The summed E-state index contributed by atoms with van der Waals surface area (Å²) in [7, 11) is 0. The first-order valence-electron chi connectivity index (χ1n) is 7.25. The van der Waals surface area contributed by atoms with Gasteiger partial charge in [-0.15, -0.1) is 0 Å². The van der Waals surface area contributed by atoms with Gasteiger partial charge >= 0.3 is 0 Å². The molecular weight excluding hydrogens is 276 g/mol. The lowest BCUT2D eigenvalue weighted by Crippen LogP contribution is -1.91. The molecule has 2 aromatic carbocycles. The van der Waals surface area contributed by atoms with E-state index in [1.165, 1.54) is 11.1 Å². The summed E-state index contributed by atoms with van der Waals surface area (Å²) in [5.74, 6) is 0.568. The third-order valence-corrected chi connectivity index (χ3v) is 3.50. The van der Waals surface area contributed by atoms with Crippen molar-refractivity contribution in [3.8, 4) is 11.5 Å². The summed E-state index contributed by atoms with van der Waals surface area (Å²) in [5.41, 5.74) is 4.82. The van der Waals surface area contributed by atoms with Crippen molar-refractivity contribution in [1.82, 2.24) is 0 Å². The first-order valence-corrected chi connectivity index (χ1v) is 7.25. The quantitative estimate of drug-likeness (QED) is 0.808. The Hall–Kier alpha value is -2.55. The van der Waals surface area contributed by atoms with Crippen LogP contribution < -0.4 is 0 Å².